The van der Waals surface area contributed by atoms with Gasteiger partial charge < -0.3 is 18.8 Å². The lowest BCUT2D eigenvalue weighted by Crippen LogP contribution is -2.37. The largest absolute Gasteiger partial charge is 0.493 e. The number of benzene rings is 2. The van der Waals surface area contributed by atoms with Crippen molar-refractivity contribution in [1.82, 2.24) is 13.7 Å². The molecule has 0 saturated carbocycles. The van der Waals surface area contributed by atoms with Gasteiger partial charge in [-0.15, -0.1) is 0 Å². The third-order valence-corrected chi connectivity index (χ3v) is 6.85. The number of aryl methyl sites for hydroxylation is 1. The van der Waals surface area contributed by atoms with Gasteiger partial charge in [0, 0.05) is 20.6 Å². The summed E-state index contributed by atoms with van der Waals surface area (Å²) >= 11 is 0. The summed E-state index contributed by atoms with van der Waals surface area (Å²) in [5, 5.41) is 0.516. The number of fused-ring (bicyclic) bond motifs is 3. The van der Waals surface area contributed by atoms with E-state index in [1.807, 2.05) is 48.5 Å². The van der Waals surface area contributed by atoms with Crippen LogP contribution in [0.4, 0.5) is 0 Å². The molecule has 0 spiro atoms. The van der Waals surface area contributed by atoms with E-state index in [0.717, 1.165) is 35.4 Å². The fraction of sp³-hybridized carbons (Fsp3) is 0.357. The van der Waals surface area contributed by atoms with Crippen LogP contribution in [-0.2, 0) is 25.4 Å². The van der Waals surface area contributed by atoms with Crippen molar-refractivity contribution >= 4 is 10.9 Å². The average Bonchev–Trinajstić information content (AvgIpc) is 3.27. The number of hydrogen-bond acceptors (Lipinski definition) is 5. The molecule has 8 nitrogen and oxygen atoms in total. The molecule has 1 unspecified atom stereocenters. The summed E-state index contributed by atoms with van der Waals surface area (Å²) in [7, 11) is 4.84. The molecular weight excluding hydrogens is 458 g/mol. The van der Waals surface area contributed by atoms with Gasteiger partial charge in [-0.25, -0.2) is 4.79 Å². The lowest BCUT2D eigenvalue weighted by atomic mass is 10.0. The minimum absolute atomic E-state index is 0.315. The zero-order valence-electron chi connectivity index (χ0n) is 21.1. The second-order valence-corrected chi connectivity index (χ2v) is 9.04. The number of rotatable bonds is 7. The number of hydrogen-bond donors (Lipinski definition) is 0. The van der Waals surface area contributed by atoms with Gasteiger partial charge in [0.1, 0.15) is 6.10 Å². The van der Waals surface area contributed by atoms with Crippen LogP contribution in [0, 0.1) is 0 Å². The second-order valence-electron chi connectivity index (χ2n) is 9.04. The Hall–Kier alpha value is -3.78. The molecule has 1 atom stereocenters. The minimum atomic E-state index is -0.491. The van der Waals surface area contributed by atoms with Crippen molar-refractivity contribution in [3.05, 3.63) is 80.6 Å². The van der Waals surface area contributed by atoms with Gasteiger partial charge in [-0.2, -0.15) is 0 Å². The van der Waals surface area contributed by atoms with Crippen LogP contribution in [0.3, 0.4) is 0 Å². The lowest BCUT2D eigenvalue weighted by molar-refractivity contribution is 0.0477. The van der Waals surface area contributed by atoms with E-state index in [4.69, 9.17) is 14.2 Å². The number of nitrogens with zero attached hydrogens (tertiary/aromatic N) is 3. The molecule has 0 amide bonds. The fourth-order valence-corrected chi connectivity index (χ4v) is 5.02. The van der Waals surface area contributed by atoms with Crippen molar-refractivity contribution in [1.29, 1.82) is 0 Å². The first-order valence-electron chi connectivity index (χ1n) is 12.3. The van der Waals surface area contributed by atoms with Crippen molar-refractivity contribution in [2.45, 2.75) is 32.4 Å². The molecule has 1 aliphatic rings. The van der Waals surface area contributed by atoms with Crippen molar-refractivity contribution in [3.63, 3.8) is 0 Å². The zero-order valence-corrected chi connectivity index (χ0v) is 21.1. The number of methoxy groups -OCH3 is 1. The molecule has 8 heteroatoms. The van der Waals surface area contributed by atoms with Gasteiger partial charge >= 0.3 is 5.69 Å². The summed E-state index contributed by atoms with van der Waals surface area (Å²) in [6, 6.07) is 15.6. The van der Waals surface area contributed by atoms with Crippen molar-refractivity contribution < 1.29 is 14.2 Å². The van der Waals surface area contributed by atoms with E-state index in [0.29, 0.717) is 42.2 Å². The highest BCUT2D eigenvalue weighted by Crippen LogP contribution is 2.42. The predicted octanol–water partition coefficient (Wildman–Crippen LogP) is 4.01. The van der Waals surface area contributed by atoms with Gasteiger partial charge in [0.2, 0.25) is 0 Å². The third-order valence-electron chi connectivity index (χ3n) is 6.85. The van der Waals surface area contributed by atoms with Crippen LogP contribution in [0.5, 0.6) is 11.5 Å². The molecule has 3 heterocycles. The number of unbranched alkanes of at least 4 members (excludes halogenated alkanes) is 1. The maximum atomic E-state index is 13.5. The summed E-state index contributed by atoms with van der Waals surface area (Å²) in [5.74, 6) is 1.30. The smallest absolute Gasteiger partial charge is 0.331 e. The number of ether oxygens (including phenoxy) is 3. The van der Waals surface area contributed by atoms with E-state index in [9.17, 15) is 9.59 Å². The summed E-state index contributed by atoms with van der Waals surface area (Å²) in [6.07, 6.45) is 1.51. The predicted molar refractivity (Wildman–Crippen MR) is 139 cm³/mol. The Morgan fingerprint density at radius 3 is 2.53 bits per heavy atom. The minimum Gasteiger partial charge on any atom is -0.493 e. The molecule has 2 aromatic heterocycles. The molecule has 4 aromatic rings. The molecule has 5 rings (SSSR count). The molecule has 0 fully saturated rings. The normalized spacial score (nSPS) is 15.2. The van der Waals surface area contributed by atoms with Crippen LogP contribution in [0.1, 0.15) is 37.1 Å². The first-order chi connectivity index (χ1) is 17.5. The van der Waals surface area contributed by atoms with E-state index >= 15 is 0 Å². The van der Waals surface area contributed by atoms with Gasteiger partial charge in [0.25, 0.3) is 5.56 Å². The topological polar surface area (TPSA) is 76.6 Å². The Labute approximate surface area is 209 Å². The third kappa shape index (κ3) is 3.82. The van der Waals surface area contributed by atoms with Crippen LogP contribution in [-0.4, -0.2) is 34.0 Å². The van der Waals surface area contributed by atoms with E-state index in [1.54, 1.807) is 18.7 Å². The Kier molecular flexibility index (Phi) is 6.45. The van der Waals surface area contributed by atoms with E-state index in [2.05, 4.69) is 11.5 Å². The van der Waals surface area contributed by atoms with Crippen molar-refractivity contribution in [3.8, 4) is 22.8 Å². The molecule has 0 radical (unpaired) electrons. The summed E-state index contributed by atoms with van der Waals surface area (Å²) < 4.78 is 22.7. The fourth-order valence-electron chi connectivity index (χ4n) is 5.02. The van der Waals surface area contributed by atoms with E-state index in [-0.39, 0.29) is 11.2 Å². The lowest BCUT2D eigenvalue weighted by Gasteiger charge is -2.28. The van der Waals surface area contributed by atoms with Crippen LogP contribution in [0.25, 0.3) is 22.2 Å². The highest BCUT2D eigenvalue weighted by Gasteiger charge is 2.33. The van der Waals surface area contributed by atoms with E-state index < -0.39 is 6.10 Å². The van der Waals surface area contributed by atoms with Crippen molar-refractivity contribution in [2.24, 2.45) is 14.1 Å². The molecule has 2 aromatic carbocycles. The quantitative estimate of drug-likeness (QED) is 0.367. The SMILES string of the molecule is CCCCOc1ccc(C2OCCn3c(-c4ccccc4)c4c(=O)n(C)c(=O)n(C)c4c32)cc1OC. The summed E-state index contributed by atoms with van der Waals surface area (Å²) in [6.45, 7) is 3.76. The van der Waals surface area contributed by atoms with Gasteiger partial charge in [-0.05, 0) is 29.7 Å². The molecule has 1 aliphatic heterocycles. The summed E-state index contributed by atoms with van der Waals surface area (Å²) in [5.41, 5.74) is 3.27. The molecule has 0 N–H and O–H groups in total. The molecule has 0 saturated heterocycles. The van der Waals surface area contributed by atoms with Crippen LogP contribution in [0.2, 0.25) is 0 Å². The van der Waals surface area contributed by atoms with Gasteiger partial charge in [-0.3, -0.25) is 13.9 Å². The molecule has 36 heavy (non-hydrogen) atoms. The zero-order chi connectivity index (χ0) is 25.4. The highest BCUT2D eigenvalue weighted by molar-refractivity contribution is 5.96. The Balaban J connectivity index is 1.76. The Morgan fingerprint density at radius 1 is 1.03 bits per heavy atom. The summed E-state index contributed by atoms with van der Waals surface area (Å²) in [4.78, 5) is 26.5. The standard InChI is InChI=1S/C28H31N3O5/c1-5-6-15-35-20-13-12-19(17-21(20)34-4)26-25-24-22(27(32)30(3)28(33)29(24)2)23(31(25)14-16-36-26)18-10-8-7-9-11-18/h7-13,17,26H,5-6,14-16H2,1-4H3. The molecule has 188 valence electrons. The second kappa shape index (κ2) is 9.70. The van der Waals surface area contributed by atoms with Crippen LogP contribution >= 0.6 is 0 Å². The maximum Gasteiger partial charge on any atom is 0.331 e. The van der Waals surface area contributed by atoms with Crippen LogP contribution < -0.4 is 20.7 Å². The van der Waals surface area contributed by atoms with Crippen LogP contribution in [0.15, 0.2) is 58.1 Å². The highest BCUT2D eigenvalue weighted by atomic mass is 16.5. The maximum absolute atomic E-state index is 13.5. The average molecular weight is 490 g/mol. The Morgan fingerprint density at radius 2 is 1.81 bits per heavy atom. The van der Waals surface area contributed by atoms with Crippen molar-refractivity contribution in [2.75, 3.05) is 20.3 Å². The van der Waals surface area contributed by atoms with Gasteiger partial charge in [0.15, 0.2) is 11.5 Å². The Bertz CT molecular complexity index is 1530. The van der Waals surface area contributed by atoms with Gasteiger partial charge in [0.05, 0.1) is 42.6 Å². The van der Waals surface area contributed by atoms with E-state index in [1.165, 1.54) is 11.6 Å². The molecule has 0 bridgehead atoms. The first kappa shape index (κ1) is 23.9. The molecule has 0 aliphatic carbocycles. The first-order valence-corrected chi connectivity index (χ1v) is 12.3. The monoisotopic (exact) mass is 489 g/mol. The van der Waals surface area contributed by atoms with Gasteiger partial charge in [-0.1, -0.05) is 49.7 Å². The molecular formula is C28H31N3O5. The number of aromatic nitrogens is 3.